The molecular formula is C14H18N4OS. The average molecular weight is 290 g/mol. The molecule has 0 atom stereocenters. The van der Waals surface area contributed by atoms with Gasteiger partial charge in [-0.15, -0.1) is 21.5 Å². The summed E-state index contributed by atoms with van der Waals surface area (Å²) in [6.07, 6.45) is 5.37. The minimum atomic E-state index is -0.118. The molecule has 3 heterocycles. The van der Waals surface area contributed by atoms with E-state index in [1.54, 1.807) is 11.3 Å². The van der Waals surface area contributed by atoms with E-state index in [4.69, 9.17) is 0 Å². The summed E-state index contributed by atoms with van der Waals surface area (Å²) in [5, 5.41) is 10.3. The third-order valence-electron chi connectivity index (χ3n) is 3.58. The van der Waals surface area contributed by atoms with Crippen LogP contribution >= 0.6 is 11.3 Å². The van der Waals surface area contributed by atoms with Gasteiger partial charge in [-0.05, 0) is 24.3 Å². The highest BCUT2D eigenvalue weighted by atomic mass is 32.1. The zero-order chi connectivity index (χ0) is 13.8. The van der Waals surface area contributed by atoms with Crippen molar-refractivity contribution in [1.29, 1.82) is 0 Å². The second-order valence-electron chi connectivity index (χ2n) is 5.08. The minimum Gasteiger partial charge on any atom is -0.341 e. The molecule has 20 heavy (non-hydrogen) atoms. The summed E-state index contributed by atoms with van der Waals surface area (Å²) in [6.45, 7) is 1.91. The maximum Gasteiger partial charge on any atom is 0.274 e. The fourth-order valence-corrected chi connectivity index (χ4v) is 3.18. The Morgan fingerprint density at radius 3 is 2.65 bits per heavy atom. The summed E-state index contributed by atoms with van der Waals surface area (Å²) in [7, 11) is 0. The van der Waals surface area contributed by atoms with Gasteiger partial charge in [-0.1, -0.05) is 18.9 Å². The lowest BCUT2D eigenvalue weighted by Crippen LogP contribution is -2.30. The van der Waals surface area contributed by atoms with Crippen molar-refractivity contribution in [2.75, 3.05) is 18.0 Å². The Morgan fingerprint density at radius 1 is 1.20 bits per heavy atom. The molecule has 0 aliphatic carbocycles. The zero-order valence-corrected chi connectivity index (χ0v) is 12.2. The van der Waals surface area contributed by atoms with Gasteiger partial charge in [0.25, 0.3) is 5.56 Å². The van der Waals surface area contributed by atoms with Gasteiger partial charge in [-0.3, -0.25) is 9.78 Å². The highest BCUT2D eigenvalue weighted by molar-refractivity contribution is 7.09. The monoisotopic (exact) mass is 290 g/mol. The number of anilines is 1. The van der Waals surface area contributed by atoms with Crippen LogP contribution in [0.3, 0.4) is 0 Å². The topological polar surface area (TPSA) is 61.9 Å². The Kier molecular flexibility index (Phi) is 4.11. The van der Waals surface area contributed by atoms with Crippen molar-refractivity contribution in [2.24, 2.45) is 0 Å². The van der Waals surface area contributed by atoms with Crippen LogP contribution in [0.4, 0.5) is 5.95 Å². The number of aromatic amines is 1. The van der Waals surface area contributed by atoms with E-state index < -0.39 is 0 Å². The number of hydrogen-bond donors (Lipinski definition) is 1. The minimum absolute atomic E-state index is 0.118. The van der Waals surface area contributed by atoms with Gasteiger partial charge in [0.15, 0.2) is 0 Å². The van der Waals surface area contributed by atoms with Crippen molar-refractivity contribution in [3.63, 3.8) is 0 Å². The highest BCUT2D eigenvalue weighted by Crippen LogP contribution is 2.14. The number of thiophene rings is 1. The van der Waals surface area contributed by atoms with E-state index in [-0.39, 0.29) is 5.56 Å². The van der Waals surface area contributed by atoms with Crippen LogP contribution in [0.5, 0.6) is 0 Å². The summed E-state index contributed by atoms with van der Waals surface area (Å²) < 4.78 is 0. The first-order chi connectivity index (χ1) is 9.83. The van der Waals surface area contributed by atoms with E-state index >= 15 is 0 Å². The maximum atomic E-state index is 12.1. The molecule has 1 aliphatic heterocycles. The van der Waals surface area contributed by atoms with Gasteiger partial charge < -0.3 is 4.90 Å². The van der Waals surface area contributed by atoms with Crippen LogP contribution in [0, 0.1) is 0 Å². The highest BCUT2D eigenvalue weighted by Gasteiger charge is 2.14. The summed E-state index contributed by atoms with van der Waals surface area (Å²) in [5.74, 6) is 0.617. The lowest BCUT2D eigenvalue weighted by Gasteiger charge is -2.19. The SMILES string of the molecule is O=c1[nH]c(N2CCCCCC2)nnc1Cc1cccs1. The summed E-state index contributed by atoms with van der Waals surface area (Å²) in [4.78, 5) is 18.3. The standard InChI is InChI=1S/C14H18N4OS/c19-13-12(10-11-6-5-9-20-11)16-17-14(15-13)18-7-3-1-2-4-8-18/h5-6,9H,1-4,7-8,10H2,(H,15,17,19). The maximum absolute atomic E-state index is 12.1. The Balaban J connectivity index is 1.78. The smallest absolute Gasteiger partial charge is 0.274 e. The normalized spacial score (nSPS) is 16.1. The molecule has 1 fully saturated rings. The van der Waals surface area contributed by atoms with Crippen LogP contribution < -0.4 is 10.5 Å². The Hall–Kier alpha value is -1.69. The van der Waals surface area contributed by atoms with Crippen LogP contribution in [0.15, 0.2) is 22.3 Å². The van der Waals surface area contributed by atoms with Crippen LogP contribution in [0.2, 0.25) is 0 Å². The number of nitrogens with one attached hydrogen (secondary N) is 1. The van der Waals surface area contributed by atoms with E-state index in [2.05, 4.69) is 20.1 Å². The summed E-state index contributed by atoms with van der Waals surface area (Å²) >= 11 is 1.63. The Bertz CT molecular complexity index is 600. The van der Waals surface area contributed by atoms with E-state index in [9.17, 15) is 4.79 Å². The van der Waals surface area contributed by atoms with E-state index in [1.807, 2.05) is 17.5 Å². The van der Waals surface area contributed by atoms with E-state index in [0.29, 0.717) is 18.1 Å². The largest absolute Gasteiger partial charge is 0.341 e. The zero-order valence-electron chi connectivity index (χ0n) is 11.3. The third-order valence-corrected chi connectivity index (χ3v) is 4.46. The van der Waals surface area contributed by atoms with Crippen molar-refractivity contribution in [2.45, 2.75) is 32.1 Å². The van der Waals surface area contributed by atoms with Crippen LogP contribution in [0.1, 0.15) is 36.3 Å². The Morgan fingerprint density at radius 2 is 2.00 bits per heavy atom. The lowest BCUT2D eigenvalue weighted by molar-refractivity contribution is 0.726. The molecule has 3 rings (SSSR count). The Labute approximate surface area is 121 Å². The van der Waals surface area contributed by atoms with Crippen LogP contribution in [0.25, 0.3) is 0 Å². The average Bonchev–Trinajstić information content (AvgIpc) is 2.81. The lowest BCUT2D eigenvalue weighted by atomic mass is 10.2. The van der Waals surface area contributed by atoms with Gasteiger partial charge in [0.2, 0.25) is 5.95 Å². The van der Waals surface area contributed by atoms with Gasteiger partial charge in [0.05, 0.1) is 0 Å². The van der Waals surface area contributed by atoms with Crippen molar-refractivity contribution in [3.8, 4) is 0 Å². The first-order valence-electron chi connectivity index (χ1n) is 7.06. The molecule has 0 radical (unpaired) electrons. The molecule has 106 valence electrons. The predicted molar refractivity (Wildman–Crippen MR) is 80.5 cm³/mol. The van der Waals surface area contributed by atoms with Crippen molar-refractivity contribution in [3.05, 3.63) is 38.4 Å². The predicted octanol–water partition coefficient (Wildman–Crippen LogP) is 2.20. The number of H-pyrrole nitrogens is 1. The molecule has 2 aromatic heterocycles. The molecule has 1 aliphatic rings. The number of nitrogens with zero attached hydrogens (tertiary/aromatic N) is 3. The second-order valence-corrected chi connectivity index (χ2v) is 6.11. The van der Waals surface area contributed by atoms with Crippen LogP contribution in [-0.4, -0.2) is 28.3 Å². The van der Waals surface area contributed by atoms with E-state index in [1.165, 1.54) is 12.8 Å². The summed E-state index contributed by atoms with van der Waals surface area (Å²) in [5.41, 5.74) is 0.374. The molecular weight excluding hydrogens is 272 g/mol. The van der Waals surface area contributed by atoms with E-state index in [0.717, 1.165) is 30.8 Å². The molecule has 0 bridgehead atoms. The fourth-order valence-electron chi connectivity index (χ4n) is 2.47. The molecule has 6 heteroatoms. The van der Waals surface area contributed by atoms with Crippen molar-refractivity contribution in [1.82, 2.24) is 15.2 Å². The second kappa shape index (κ2) is 6.17. The molecule has 0 amide bonds. The van der Waals surface area contributed by atoms with Gasteiger partial charge in [-0.25, -0.2) is 0 Å². The molecule has 0 saturated carbocycles. The molecule has 1 saturated heterocycles. The fraction of sp³-hybridized carbons (Fsp3) is 0.500. The van der Waals surface area contributed by atoms with Crippen LogP contribution in [-0.2, 0) is 6.42 Å². The third kappa shape index (κ3) is 3.07. The first kappa shape index (κ1) is 13.3. The molecule has 0 spiro atoms. The quantitative estimate of drug-likeness (QED) is 0.941. The van der Waals surface area contributed by atoms with Gasteiger partial charge in [-0.2, -0.15) is 0 Å². The van der Waals surface area contributed by atoms with Gasteiger partial charge in [0, 0.05) is 24.4 Å². The summed E-state index contributed by atoms with van der Waals surface area (Å²) in [6, 6.07) is 3.99. The van der Waals surface area contributed by atoms with Crippen molar-refractivity contribution < 1.29 is 0 Å². The first-order valence-corrected chi connectivity index (χ1v) is 7.94. The molecule has 0 aromatic carbocycles. The number of rotatable bonds is 3. The molecule has 5 nitrogen and oxygen atoms in total. The van der Waals surface area contributed by atoms with Gasteiger partial charge in [0.1, 0.15) is 5.69 Å². The van der Waals surface area contributed by atoms with Crippen molar-refractivity contribution >= 4 is 17.3 Å². The number of hydrogen-bond acceptors (Lipinski definition) is 5. The molecule has 0 unspecified atom stereocenters. The molecule has 2 aromatic rings. The molecule has 1 N–H and O–H groups in total. The number of aromatic nitrogens is 3. The van der Waals surface area contributed by atoms with Gasteiger partial charge >= 0.3 is 0 Å².